The first kappa shape index (κ1) is 14.5. The van der Waals surface area contributed by atoms with Crippen LogP contribution < -0.4 is 4.74 Å². The molecule has 0 radical (unpaired) electrons. The Labute approximate surface area is 99.9 Å². The molecule has 0 unspecified atom stereocenters. The van der Waals surface area contributed by atoms with E-state index in [9.17, 15) is 18.0 Å². The van der Waals surface area contributed by atoms with Crippen molar-refractivity contribution < 1.29 is 35.7 Å². The maximum atomic E-state index is 10.9. The summed E-state index contributed by atoms with van der Waals surface area (Å²) >= 11 is 0. The molecule has 0 bridgehead atoms. The predicted molar refractivity (Wildman–Crippen MR) is 53.9 cm³/mol. The highest BCUT2D eigenvalue weighted by Crippen LogP contribution is 2.23. The van der Waals surface area contributed by atoms with Crippen LogP contribution in [0.25, 0.3) is 0 Å². The fraction of sp³-hybridized carbons (Fsp3) is 0.222. The minimum absolute atomic E-state index is 0.0793. The molecule has 1 heterocycles. The molecule has 0 amide bonds. The molecule has 0 atom stereocenters. The molecule has 18 heavy (non-hydrogen) atoms. The van der Waals surface area contributed by atoms with E-state index >= 15 is 0 Å². The molecule has 0 aliphatic carbocycles. The zero-order valence-corrected chi connectivity index (χ0v) is 9.46. The second kappa shape index (κ2) is 4.94. The fourth-order valence-corrected chi connectivity index (χ4v) is 1.04. The van der Waals surface area contributed by atoms with Gasteiger partial charge in [-0.1, -0.05) is 12.1 Å². The number of carbonyl (C=O) groups is 1. The Balaban J connectivity index is 0.000000187. The largest absolute Gasteiger partial charge is 0.522 e. The first-order chi connectivity index (χ1) is 8.13. The van der Waals surface area contributed by atoms with Gasteiger partial charge in [0.2, 0.25) is 5.78 Å². The molecule has 0 fully saturated rings. The lowest BCUT2D eigenvalue weighted by molar-refractivity contribution is -0.0510. The third kappa shape index (κ3) is 3.44. The number of ketones is 1. The molecule has 0 saturated heterocycles. The Kier molecular flexibility index (Phi) is 3.97. The van der Waals surface area contributed by atoms with Gasteiger partial charge in [0.1, 0.15) is 5.75 Å². The quantitative estimate of drug-likeness (QED) is 0.579. The number of carbonyl (C=O) groups excluding carboxylic acids is 1. The van der Waals surface area contributed by atoms with Gasteiger partial charge in [-0.25, -0.2) is 0 Å². The van der Waals surface area contributed by atoms with Gasteiger partial charge < -0.3 is 4.74 Å². The molecule has 1 aliphatic heterocycles. The third-order valence-electron chi connectivity index (χ3n) is 1.84. The van der Waals surface area contributed by atoms with Gasteiger partial charge in [-0.2, -0.15) is 21.6 Å². The molecule has 1 aliphatic rings. The lowest BCUT2D eigenvalue weighted by atomic mass is 10.2. The van der Waals surface area contributed by atoms with E-state index in [0.717, 1.165) is 0 Å². The molecular weight excluding hydrogens is 277 g/mol. The molecule has 0 saturated carbocycles. The summed E-state index contributed by atoms with van der Waals surface area (Å²) in [5.41, 5.74) is -4.82. The Morgan fingerprint density at radius 1 is 1.22 bits per heavy atom. The lowest BCUT2D eigenvalue weighted by Gasteiger charge is -1.97. The van der Waals surface area contributed by atoms with Crippen molar-refractivity contribution in [1.29, 1.82) is 0 Å². The SMILES string of the molecule is O=C1COc2ccccc21.O=S(=O)(O)C(F)(F)F. The zero-order chi connectivity index (χ0) is 14.0. The number of para-hydroxylation sites is 1. The highest BCUT2D eigenvalue weighted by atomic mass is 32.2. The average molecular weight is 284 g/mol. The minimum atomic E-state index is -5.84. The van der Waals surface area contributed by atoms with Crippen molar-refractivity contribution in [2.24, 2.45) is 0 Å². The van der Waals surface area contributed by atoms with E-state index in [1.807, 2.05) is 12.1 Å². The van der Waals surface area contributed by atoms with Crippen LogP contribution in [0.3, 0.4) is 0 Å². The monoisotopic (exact) mass is 284 g/mol. The van der Waals surface area contributed by atoms with Crippen molar-refractivity contribution in [1.82, 2.24) is 0 Å². The second-order valence-electron chi connectivity index (χ2n) is 3.13. The number of ether oxygens (including phenoxy) is 1. The number of fused-ring (bicyclic) bond motifs is 1. The number of alkyl halides is 3. The maximum Gasteiger partial charge on any atom is 0.522 e. The van der Waals surface area contributed by atoms with Crippen LogP contribution in [0.4, 0.5) is 13.2 Å². The highest BCUT2D eigenvalue weighted by Gasteiger charge is 2.44. The first-order valence-electron chi connectivity index (χ1n) is 4.41. The molecule has 0 spiro atoms. The van der Waals surface area contributed by atoms with Gasteiger partial charge in [-0.05, 0) is 12.1 Å². The summed E-state index contributed by atoms with van der Waals surface area (Å²) in [4.78, 5) is 10.9. The Hall–Kier alpha value is -1.61. The topological polar surface area (TPSA) is 80.7 Å². The van der Waals surface area contributed by atoms with Gasteiger partial charge in [0.15, 0.2) is 6.61 Å². The summed E-state index contributed by atoms with van der Waals surface area (Å²) in [6.45, 7) is 0.208. The van der Waals surface area contributed by atoms with E-state index in [1.165, 1.54) is 0 Å². The summed E-state index contributed by atoms with van der Waals surface area (Å²) in [5.74, 6) is 0.795. The Bertz CT molecular complexity index is 550. The molecule has 9 heteroatoms. The van der Waals surface area contributed by atoms with Crippen molar-refractivity contribution in [3.05, 3.63) is 29.8 Å². The molecular formula is C9H7F3O5S. The predicted octanol–water partition coefficient (Wildman–Crippen LogP) is 1.66. The minimum Gasteiger partial charge on any atom is -0.485 e. The van der Waals surface area contributed by atoms with Gasteiger partial charge in [-0.15, -0.1) is 0 Å². The number of hydrogen-bond donors (Lipinski definition) is 1. The summed E-state index contributed by atoms with van der Waals surface area (Å²) in [5, 5.41) is 0. The fourth-order valence-electron chi connectivity index (χ4n) is 1.04. The molecule has 5 nitrogen and oxygen atoms in total. The van der Waals surface area contributed by atoms with Crippen LogP contribution in [0.5, 0.6) is 5.75 Å². The standard InChI is InChI=1S/C8H6O2.CHF3O3S/c9-7-5-10-8-4-2-1-3-6(7)8;2-1(3,4)8(5,6)7/h1-4H,5H2;(H,5,6,7). The third-order valence-corrected chi connectivity index (χ3v) is 2.42. The molecule has 1 N–H and O–H groups in total. The van der Waals surface area contributed by atoms with E-state index in [-0.39, 0.29) is 12.4 Å². The van der Waals surface area contributed by atoms with E-state index in [2.05, 4.69) is 0 Å². The van der Waals surface area contributed by atoms with E-state index in [1.54, 1.807) is 12.1 Å². The van der Waals surface area contributed by atoms with Crippen molar-refractivity contribution in [2.45, 2.75) is 5.51 Å². The van der Waals surface area contributed by atoms with Gasteiger partial charge in [-0.3, -0.25) is 9.35 Å². The van der Waals surface area contributed by atoms with Crippen LogP contribution in [0.15, 0.2) is 24.3 Å². The van der Waals surface area contributed by atoms with Crippen molar-refractivity contribution in [2.75, 3.05) is 6.61 Å². The van der Waals surface area contributed by atoms with Crippen LogP contribution in [0, 0.1) is 0 Å². The van der Waals surface area contributed by atoms with Crippen LogP contribution in [0.2, 0.25) is 0 Å². The summed E-state index contributed by atoms with van der Waals surface area (Å²) in [6, 6.07) is 7.29. The summed E-state index contributed by atoms with van der Waals surface area (Å²) < 4.78 is 62.6. The number of halogens is 3. The van der Waals surface area contributed by atoms with Crippen LogP contribution in [-0.4, -0.2) is 30.9 Å². The van der Waals surface area contributed by atoms with Crippen molar-refractivity contribution in [3.8, 4) is 5.75 Å². The Morgan fingerprint density at radius 3 is 2.17 bits per heavy atom. The molecule has 100 valence electrons. The summed E-state index contributed by atoms with van der Waals surface area (Å²) in [6.07, 6.45) is 0. The second-order valence-corrected chi connectivity index (χ2v) is 4.54. The van der Waals surface area contributed by atoms with Crippen LogP contribution in [-0.2, 0) is 10.1 Å². The van der Waals surface area contributed by atoms with Gasteiger partial charge in [0.25, 0.3) is 0 Å². The number of benzene rings is 1. The summed E-state index contributed by atoms with van der Waals surface area (Å²) in [7, 11) is -5.84. The average Bonchev–Trinajstić information content (AvgIpc) is 2.59. The van der Waals surface area contributed by atoms with Crippen molar-refractivity contribution in [3.63, 3.8) is 0 Å². The number of rotatable bonds is 0. The van der Waals surface area contributed by atoms with E-state index in [0.29, 0.717) is 11.3 Å². The van der Waals surface area contributed by atoms with Crippen LogP contribution >= 0.6 is 0 Å². The van der Waals surface area contributed by atoms with Crippen molar-refractivity contribution >= 4 is 15.9 Å². The highest BCUT2D eigenvalue weighted by molar-refractivity contribution is 7.86. The molecule has 1 aromatic rings. The van der Waals surface area contributed by atoms with Crippen LogP contribution in [0.1, 0.15) is 10.4 Å². The maximum absolute atomic E-state index is 10.9. The van der Waals surface area contributed by atoms with E-state index in [4.69, 9.17) is 17.7 Å². The molecule has 2 rings (SSSR count). The normalized spacial score (nSPS) is 14.3. The van der Waals surface area contributed by atoms with E-state index < -0.39 is 15.6 Å². The Morgan fingerprint density at radius 2 is 1.72 bits per heavy atom. The van der Waals surface area contributed by atoms with Gasteiger partial charge >= 0.3 is 15.6 Å². The molecule has 0 aromatic heterocycles. The zero-order valence-electron chi connectivity index (χ0n) is 8.64. The van der Waals surface area contributed by atoms with Gasteiger partial charge in [0, 0.05) is 0 Å². The lowest BCUT2D eigenvalue weighted by Crippen LogP contribution is -2.21. The van der Waals surface area contributed by atoms with Gasteiger partial charge in [0.05, 0.1) is 5.56 Å². The first-order valence-corrected chi connectivity index (χ1v) is 5.85. The molecule has 1 aromatic carbocycles. The smallest absolute Gasteiger partial charge is 0.485 e. The number of Topliss-reactive ketones (excluding diaryl/α,β-unsaturated/α-hetero) is 1. The number of hydrogen-bond acceptors (Lipinski definition) is 4.